The van der Waals surface area contributed by atoms with Gasteiger partial charge >= 0.3 is 0 Å². The van der Waals surface area contributed by atoms with E-state index >= 15 is 0 Å². The maximum Gasteiger partial charge on any atom is 0.282 e. The number of halogens is 2. The van der Waals surface area contributed by atoms with Crippen molar-refractivity contribution in [2.75, 3.05) is 5.01 Å². The fourth-order valence-electron chi connectivity index (χ4n) is 2.28. The molecule has 1 fully saturated rings. The highest BCUT2D eigenvalue weighted by atomic mass is 127. The summed E-state index contributed by atoms with van der Waals surface area (Å²) in [5, 5.41) is 11.4. The highest BCUT2D eigenvalue weighted by Gasteiger charge is 2.34. The molecule has 2 amide bonds. The zero-order chi connectivity index (χ0) is 17.4. The molecule has 5 nitrogen and oxygen atoms in total. The number of aromatic hydroxyl groups is 1. The minimum atomic E-state index is -0.492. The van der Waals surface area contributed by atoms with E-state index in [1.807, 2.05) is 47.7 Å². The molecule has 24 heavy (non-hydrogen) atoms. The number of carbonyl (C=O) groups excluding carboxylic acids is 2. The first-order chi connectivity index (χ1) is 11.4. The van der Waals surface area contributed by atoms with Gasteiger partial charge in [-0.3, -0.25) is 15.0 Å². The van der Waals surface area contributed by atoms with Crippen LogP contribution in [0.3, 0.4) is 0 Å². The maximum absolute atomic E-state index is 12.6. The molecule has 1 heterocycles. The molecule has 0 spiro atoms. The Kier molecular flexibility index (Phi) is 4.81. The van der Waals surface area contributed by atoms with Crippen LogP contribution in [0.1, 0.15) is 11.1 Å². The Balaban J connectivity index is 1.99. The van der Waals surface area contributed by atoms with Crippen molar-refractivity contribution in [3.63, 3.8) is 0 Å². The lowest BCUT2D eigenvalue weighted by Crippen LogP contribution is -2.35. The van der Waals surface area contributed by atoms with Crippen molar-refractivity contribution in [3.8, 4) is 5.75 Å². The molecule has 0 radical (unpaired) electrons. The second-order valence-electron chi connectivity index (χ2n) is 5.30. The monoisotopic (exact) mass is 546 g/mol. The number of phenolic OH excluding ortho intramolecular Hbond substituents is 1. The number of nitrogens with zero attached hydrogens (tertiary/aromatic N) is 1. The van der Waals surface area contributed by atoms with Gasteiger partial charge in [-0.1, -0.05) is 17.7 Å². The van der Waals surface area contributed by atoms with Gasteiger partial charge in [0.2, 0.25) is 0 Å². The number of phenols is 1. The zero-order valence-corrected chi connectivity index (χ0v) is 16.8. The SMILES string of the molecule is Cc1ccc(N2NC(=O)C(=Cc3cc(I)cc(I)c3O)C2=O)cc1. The van der Waals surface area contributed by atoms with Crippen LogP contribution in [0.2, 0.25) is 0 Å². The predicted molar refractivity (Wildman–Crippen MR) is 108 cm³/mol. The van der Waals surface area contributed by atoms with Gasteiger partial charge in [0.15, 0.2) is 0 Å². The Hall–Kier alpha value is -1.62. The van der Waals surface area contributed by atoms with Gasteiger partial charge in [0.25, 0.3) is 11.8 Å². The minimum Gasteiger partial charge on any atom is -0.506 e. The molecule has 122 valence electrons. The van der Waals surface area contributed by atoms with Gasteiger partial charge in [-0.15, -0.1) is 0 Å². The summed E-state index contributed by atoms with van der Waals surface area (Å²) < 4.78 is 1.57. The summed E-state index contributed by atoms with van der Waals surface area (Å²) in [5.74, 6) is -0.885. The van der Waals surface area contributed by atoms with E-state index in [1.165, 1.54) is 11.1 Å². The van der Waals surface area contributed by atoms with Crippen molar-refractivity contribution in [1.29, 1.82) is 0 Å². The number of hydrazine groups is 1. The molecule has 0 aliphatic carbocycles. The molecule has 0 unspecified atom stereocenters. The Morgan fingerprint density at radius 2 is 1.79 bits per heavy atom. The van der Waals surface area contributed by atoms with Crippen molar-refractivity contribution in [2.45, 2.75) is 6.92 Å². The Morgan fingerprint density at radius 1 is 1.12 bits per heavy atom. The standard InChI is InChI=1S/C17H12I2N2O3/c1-9-2-4-12(5-3-9)21-17(24)13(16(23)20-21)7-10-6-11(18)8-14(19)15(10)22/h2-8,22H,1H3,(H,20,23). The molecule has 1 aliphatic rings. The normalized spacial score (nSPS) is 16.0. The molecule has 1 aliphatic heterocycles. The number of nitrogens with one attached hydrogen (secondary N) is 1. The molecule has 3 rings (SSSR count). The fourth-order valence-corrected chi connectivity index (χ4v) is 4.17. The molecule has 2 aromatic carbocycles. The third-order valence-corrected chi connectivity index (χ3v) is 4.99. The van der Waals surface area contributed by atoms with E-state index in [0.717, 1.165) is 9.13 Å². The summed E-state index contributed by atoms with van der Waals surface area (Å²) in [5.41, 5.74) is 4.63. The van der Waals surface area contributed by atoms with E-state index in [4.69, 9.17) is 0 Å². The van der Waals surface area contributed by atoms with Gasteiger partial charge in [0.1, 0.15) is 11.3 Å². The van der Waals surface area contributed by atoms with Gasteiger partial charge in [-0.2, -0.15) is 0 Å². The van der Waals surface area contributed by atoms with Crippen LogP contribution in [0.4, 0.5) is 5.69 Å². The smallest absolute Gasteiger partial charge is 0.282 e. The number of amides is 2. The Labute approximate surface area is 166 Å². The lowest BCUT2D eigenvalue weighted by molar-refractivity contribution is -0.117. The largest absolute Gasteiger partial charge is 0.506 e. The summed E-state index contributed by atoms with van der Waals surface area (Å²) in [6, 6.07) is 10.8. The molecular formula is C17H12I2N2O3. The third kappa shape index (κ3) is 3.27. The predicted octanol–water partition coefficient (Wildman–Crippen LogP) is 3.37. The van der Waals surface area contributed by atoms with E-state index in [0.29, 0.717) is 14.8 Å². The Morgan fingerprint density at radius 3 is 2.46 bits per heavy atom. The number of aryl methyl sites for hydroxylation is 1. The van der Waals surface area contributed by atoms with Crippen molar-refractivity contribution in [2.24, 2.45) is 0 Å². The van der Waals surface area contributed by atoms with Crippen molar-refractivity contribution in [1.82, 2.24) is 5.43 Å². The van der Waals surface area contributed by atoms with Crippen LogP contribution in [0.5, 0.6) is 5.75 Å². The average Bonchev–Trinajstić information content (AvgIpc) is 2.81. The summed E-state index contributed by atoms with van der Waals surface area (Å²) in [7, 11) is 0. The van der Waals surface area contributed by atoms with E-state index in [2.05, 4.69) is 28.0 Å². The van der Waals surface area contributed by atoms with Crippen molar-refractivity contribution in [3.05, 3.63) is 60.2 Å². The van der Waals surface area contributed by atoms with Crippen LogP contribution in [-0.2, 0) is 9.59 Å². The zero-order valence-electron chi connectivity index (χ0n) is 12.5. The molecule has 1 saturated heterocycles. The second kappa shape index (κ2) is 6.71. The van der Waals surface area contributed by atoms with Crippen LogP contribution < -0.4 is 10.4 Å². The van der Waals surface area contributed by atoms with Gasteiger partial charge < -0.3 is 5.11 Å². The molecular weight excluding hydrogens is 534 g/mol. The van der Waals surface area contributed by atoms with Crippen LogP contribution in [-0.4, -0.2) is 16.9 Å². The molecule has 0 aromatic heterocycles. The number of hydrogen-bond acceptors (Lipinski definition) is 3. The topological polar surface area (TPSA) is 69.6 Å². The number of rotatable bonds is 2. The van der Waals surface area contributed by atoms with Gasteiger partial charge in [-0.25, -0.2) is 5.01 Å². The molecule has 0 atom stereocenters. The number of anilines is 1. The summed E-state index contributed by atoms with van der Waals surface area (Å²) in [6.45, 7) is 1.95. The fraction of sp³-hybridized carbons (Fsp3) is 0.0588. The van der Waals surface area contributed by atoms with Crippen LogP contribution in [0, 0.1) is 14.1 Å². The van der Waals surface area contributed by atoms with Gasteiger partial charge in [0, 0.05) is 9.13 Å². The van der Waals surface area contributed by atoms with Crippen LogP contribution in [0.15, 0.2) is 42.0 Å². The van der Waals surface area contributed by atoms with E-state index < -0.39 is 11.8 Å². The van der Waals surface area contributed by atoms with Crippen LogP contribution >= 0.6 is 45.2 Å². The first-order valence-electron chi connectivity index (χ1n) is 6.98. The number of hydrogen-bond donors (Lipinski definition) is 2. The molecule has 2 N–H and O–H groups in total. The number of benzene rings is 2. The first-order valence-corrected chi connectivity index (χ1v) is 9.14. The van der Waals surface area contributed by atoms with E-state index in [-0.39, 0.29) is 11.3 Å². The summed E-state index contributed by atoms with van der Waals surface area (Å²) in [6.07, 6.45) is 1.42. The van der Waals surface area contributed by atoms with Gasteiger partial charge in [-0.05, 0) is 82.4 Å². The molecule has 2 aromatic rings. The lowest BCUT2D eigenvalue weighted by Gasteiger charge is -2.14. The van der Waals surface area contributed by atoms with Crippen molar-refractivity contribution < 1.29 is 14.7 Å². The van der Waals surface area contributed by atoms with E-state index in [1.54, 1.807) is 18.2 Å². The molecule has 7 heteroatoms. The summed E-state index contributed by atoms with van der Waals surface area (Å²) >= 11 is 4.13. The highest BCUT2D eigenvalue weighted by Crippen LogP contribution is 2.30. The van der Waals surface area contributed by atoms with Gasteiger partial charge in [0.05, 0.1) is 9.26 Å². The van der Waals surface area contributed by atoms with Crippen molar-refractivity contribution >= 4 is 68.8 Å². The lowest BCUT2D eigenvalue weighted by atomic mass is 10.1. The quantitative estimate of drug-likeness (QED) is 0.345. The van der Waals surface area contributed by atoms with Crippen LogP contribution in [0.25, 0.3) is 6.08 Å². The molecule has 0 bridgehead atoms. The number of carbonyl (C=O) groups is 2. The molecule has 0 saturated carbocycles. The second-order valence-corrected chi connectivity index (χ2v) is 7.71. The first kappa shape index (κ1) is 17.2. The highest BCUT2D eigenvalue weighted by molar-refractivity contribution is 14.1. The van der Waals surface area contributed by atoms with E-state index in [9.17, 15) is 14.7 Å². The maximum atomic E-state index is 12.6. The third-order valence-electron chi connectivity index (χ3n) is 3.54. The summed E-state index contributed by atoms with van der Waals surface area (Å²) in [4.78, 5) is 24.8. The minimum absolute atomic E-state index is 0.0105. The Bertz CT molecular complexity index is 876. The average molecular weight is 546 g/mol.